The Morgan fingerprint density at radius 3 is 2.26 bits per heavy atom. The molecule has 23 heavy (non-hydrogen) atoms. The molecule has 0 saturated carbocycles. The van der Waals surface area contributed by atoms with Gasteiger partial charge in [-0.05, 0) is 23.6 Å². The molecule has 2 aromatic carbocycles. The molecule has 3 aromatic rings. The summed E-state index contributed by atoms with van der Waals surface area (Å²) in [6.07, 6.45) is 1.76. The van der Waals surface area contributed by atoms with Crippen LogP contribution in [-0.4, -0.2) is 14.8 Å². The Morgan fingerprint density at radius 2 is 1.61 bits per heavy atom. The molecule has 3 rings (SSSR count). The van der Waals surface area contributed by atoms with Gasteiger partial charge in [0, 0.05) is 11.7 Å². The van der Waals surface area contributed by atoms with Crippen LogP contribution >= 0.6 is 0 Å². The molecule has 0 aliphatic carbocycles. The smallest absolute Gasteiger partial charge is 0.151 e. The predicted octanol–water partition coefficient (Wildman–Crippen LogP) is 3.75. The molecule has 1 atom stereocenters. The van der Waals surface area contributed by atoms with E-state index in [4.69, 9.17) is 0 Å². The minimum absolute atomic E-state index is 0.289. The average Bonchev–Trinajstić information content (AvgIpc) is 3.05. The van der Waals surface area contributed by atoms with Crippen molar-refractivity contribution in [2.75, 3.05) is 0 Å². The molecule has 1 heterocycles. The van der Waals surface area contributed by atoms with Gasteiger partial charge in [-0.2, -0.15) is 0 Å². The second-order valence-electron chi connectivity index (χ2n) is 5.97. The third-order valence-electron chi connectivity index (χ3n) is 3.96. The summed E-state index contributed by atoms with van der Waals surface area (Å²) in [5.41, 5.74) is 2.38. The lowest BCUT2D eigenvalue weighted by atomic mass is 9.96. The fourth-order valence-electron chi connectivity index (χ4n) is 2.78. The molecule has 0 amide bonds. The van der Waals surface area contributed by atoms with Crippen molar-refractivity contribution in [2.45, 2.75) is 26.4 Å². The van der Waals surface area contributed by atoms with Gasteiger partial charge in [-0.25, -0.2) is 0 Å². The summed E-state index contributed by atoms with van der Waals surface area (Å²) < 4.78 is 2.02. The first-order chi connectivity index (χ1) is 11.3. The number of para-hydroxylation sites is 1. The Kier molecular flexibility index (Phi) is 4.83. The highest BCUT2D eigenvalue weighted by Crippen LogP contribution is 2.22. The van der Waals surface area contributed by atoms with Crippen molar-refractivity contribution in [3.05, 3.63) is 78.4 Å². The van der Waals surface area contributed by atoms with Crippen LogP contribution in [0, 0.1) is 5.92 Å². The first-order valence-electron chi connectivity index (χ1n) is 7.98. The van der Waals surface area contributed by atoms with Crippen LogP contribution in [0.1, 0.15) is 31.3 Å². The van der Waals surface area contributed by atoms with Crippen LogP contribution in [0.25, 0.3) is 5.69 Å². The summed E-state index contributed by atoms with van der Waals surface area (Å²) in [6, 6.07) is 21.0. The summed E-state index contributed by atoms with van der Waals surface area (Å²) >= 11 is 0. The third kappa shape index (κ3) is 3.66. The van der Waals surface area contributed by atoms with E-state index in [9.17, 15) is 0 Å². The molecule has 1 N–H and O–H groups in total. The van der Waals surface area contributed by atoms with E-state index in [0.29, 0.717) is 12.5 Å². The van der Waals surface area contributed by atoms with Crippen LogP contribution in [0.4, 0.5) is 0 Å². The summed E-state index contributed by atoms with van der Waals surface area (Å²) in [4.78, 5) is 0. The molecule has 0 aliphatic rings. The highest BCUT2D eigenvalue weighted by molar-refractivity contribution is 5.32. The lowest BCUT2D eigenvalue weighted by Crippen LogP contribution is -2.26. The second kappa shape index (κ2) is 7.20. The largest absolute Gasteiger partial charge is 0.303 e. The Hall–Kier alpha value is -2.46. The maximum atomic E-state index is 4.27. The van der Waals surface area contributed by atoms with E-state index < -0.39 is 0 Å². The number of nitrogens with zero attached hydrogens (tertiary/aromatic N) is 3. The summed E-state index contributed by atoms with van der Waals surface area (Å²) in [6.45, 7) is 5.13. The van der Waals surface area contributed by atoms with E-state index in [2.05, 4.69) is 65.8 Å². The minimum atomic E-state index is 0.289. The van der Waals surface area contributed by atoms with Gasteiger partial charge in [-0.3, -0.25) is 4.57 Å². The average molecular weight is 306 g/mol. The predicted molar refractivity (Wildman–Crippen MR) is 92.2 cm³/mol. The van der Waals surface area contributed by atoms with Crippen LogP contribution in [0.15, 0.2) is 67.0 Å². The minimum Gasteiger partial charge on any atom is -0.303 e. The molecule has 4 heteroatoms. The molecule has 0 aliphatic heterocycles. The van der Waals surface area contributed by atoms with Gasteiger partial charge in [-0.1, -0.05) is 62.4 Å². The van der Waals surface area contributed by atoms with Gasteiger partial charge in [0.2, 0.25) is 0 Å². The van der Waals surface area contributed by atoms with Gasteiger partial charge >= 0.3 is 0 Å². The number of nitrogens with one attached hydrogen (secondary N) is 1. The Morgan fingerprint density at radius 1 is 0.957 bits per heavy atom. The van der Waals surface area contributed by atoms with Gasteiger partial charge in [0.05, 0.1) is 6.54 Å². The van der Waals surface area contributed by atoms with Crippen molar-refractivity contribution < 1.29 is 0 Å². The first-order valence-corrected chi connectivity index (χ1v) is 7.98. The van der Waals surface area contributed by atoms with Crippen molar-refractivity contribution >= 4 is 0 Å². The topological polar surface area (TPSA) is 42.7 Å². The maximum Gasteiger partial charge on any atom is 0.151 e. The van der Waals surface area contributed by atoms with Crippen molar-refractivity contribution in [3.8, 4) is 5.69 Å². The summed E-state index contributed by atoms with van der Waals surface area (Å²) in [5.74, 6) is 1.41. The van der Waals surface area contributed by atoms with E-state index in [0.717, 1.165) is 11.5 Å². The molecule has 0 unspecified atom stereocenters. The van der Waals surface area contributed by atoms with E-state index in [1.165, 1.54) is 5.56 Å². The number of rotatable bonds is 6. The zero-order valence-corrected chi connectivity index (χ0v) is 13.6. The molecule has 4 nitrogen and oxygen atoms in total. The fraction of sp³-hybridized carbons (Fsp3) is 0.263. The Bertz CT molecular complexity index is 719. The molecule has 0 radical (unpaired) electrons. The SMILES string of the molecule is CC(C)[C@@H](NCc1nncn1-c1ccccc1)c1ccccc1. The van der Waals surface area contributed by atoms with Crippen LogP contribution in [0.2, 0.25) is 0 Å². The van der Waals surface area contributed by atoms with Crippen molar-refractivity contribution in [1.82, 2.24) is 20.1 Å². The monoisotopic (exact) mass is 306 g/mol. The summed E-state index contributed by atoms with van der Waals surface area (Å²) in [7, 11) is 0. The van der Waals surface area contributed by atoms with Gasteiger partial charge in [0.1, 0.15) is 6.33 Å². The Balaban J connectivity index is 1.77. The number of aromatic nitrogens is 3. The standard InChI is InChI=1S/C19H22N4/c1-15(2)19(16-9-5-3-6-10-16)20-13-18-22-21-14-23(18)17-11-7-4-8-12-17/h3-12,14-15,19-20H,13H2,1-2H3/t19-/m1/s1. The maximum absolute atomic E-state index is 4.27. The fourth-order valence-corrected chi connectivity index (χ4v) is 2.78. The van der Waals surface area contributed by atoms with Gasteiger partial charge < -0.3 is 5.32 Å². The van der Waals surface area contributed by atoms with E-state index in [1.807, 2.05) is 28.8 Å². The molecule has 118 valence electrons. The third-order valence-corrected chi connectivity index (χ3v) is 3.96. The van der Waals surface area contributed by atoms with Gasteiger partial charge in [-0.15, -0.1) is 10.2 Å². The summed E-state index contributed by atoms with van der Waals surface area (Å²) in [5, 5.41) is 12.0. The van der Waals surface area contributed by atoms with E-state index in [1.54, 1.807) is 6.33 Å². The Labute approximate surface area is 137 Å². The molecule has 0 spiro atoms. The molecule has 0 bridgehead atoms. The quantitative estimate of drug-likeness (QED) is 0.754. The van der Waals surface area contributed by atoms with Gasteiger partial charge in [0.25, 0.3) is 0 Å². The molecular formula is C19H22N4. The van der Waals surface area contributed by atoms with Crippen molar-refractivity contribution in [1.29, 1.82) is 0 Å². The van der Waals surface area contributed by atoms with Crippen LogP contribution < -0.4 is 5.32 Å². The van der Waals surface area contributed by atoms with Gasteiger partial charge in [0.15, 0.2) is 5.82 Å². The zero-order valence-electron chi connectivity index (χ0n) is 13.6. The normalized spacial score (nSPS) is 12.5. The molecular weight excluding hydrogens is 284 g/mol. The lowest BCUT2D eigenvalue weighted by molar-refractivity contribution is 0.404. The van der Waals surface area contributed by atoms with Crippen LogP contribution in [0.3, 0.4) is 0 Å². The zero-order chi connectivity index (χ0) is 16.1. The van der Waals surface area contributed by atoms with E-state index >= 15 is 0 Å². The molecule has 1 aromatic heterocycles. The first kappa shape index (κ1) is 15.4. The van der Waals surface area contributed by atoms with Crippen LogP contribution in [0.5, 0.6) is 0 Å². The highest BCUT2D eigenvalue weighted by Gasteiger charge is 2.16. The highest BCUT2D eigenvalue weighted by atomic mass is 15.3. The lowest BCUT2D eigenvalue weighted by Gasteiger charge is -2.23. The number of hydrogen-bond acceptors (Lipinski definition) is 3. The van der Waals surface area contributed by atoms with Crippen molar-refractivity contribution in [2.24, 2.45) is 5.92 Å². The van der Waals surface area contributed by atoms with E-state index in [-0.39, 0.29) is 6.04 Å². The molecule has 0 fully saturated rings. The second-order valence-corrected chi connectivity index (χ2v) is 5.97. The number of benzene rings is 2. The van der Waals surface area contributed by atoms with Crippen molar-refractivity contribution in [3.63, 3.8) is 0 Å². The molecule has 0 saturated heterocycles. The van der Waals surface area contributed by atoms with Crippen LogP contribution in [-0.2, 0) is 6.54 Å². The number of hydrogen-bond donors (Lipinski definition) is 1.